The second-order valence-electron chi connectivity index (χ2n) is 7.62. The molecule has 0 saturated heterocycles. The largest absolute Gasteiger partial charge is 0.454 e. The van der Waals surface area contributed by atoms with Crippen molar-refractivity contribution in [2.45, 2.75) is 39.5 Å². The predicted octanol–water partition coefficient (Wildman–Crippen LogP) is 3.76. The van der Waals surface area contributed by atoms with Gasteiger partial charge in [0.2, 0.25) is 13.6 Å². The Balaban J connectivity index is 1.17. The van der Waals surface area contributed by atoms with E-state index in [2.05, 4.69) is 21.1 Å². The molecule has 2 amide bonds. The van der Waals surface area contributed by atoms with E-state index in [9.17, 15) is 4.79 Å². The van der Waals surface area contributed by atoms with Crippen LogP contribution in [0.15, 0.2) is 46.6 Å². The van der Waals surface area contributed by atoms with Gasteiger partial charge in [0.15, 0.2) is 23.0 Å². The highest BCUT2D eigenvalue weighted by atomic mass is 16.7. The number of ether oxygens (including phenoxy) is 4. The van der Waals surface area contributed by atoms with Gasteiger partial charge in [-0.05, 0) is 74.9 Å². The Hall–Kier alpha value is -3.75. The molecule has 9 nitrogen and oxygen atoms in total. The minimum atomic E-state index is -0.477. The SMILES string of the molecule is CC(CCc1ccc2c(c1)OCO2)=NNC(=O)NN=C(C)CCc1ccc2c(c1)OCO2. The van der Waals surface area contributed by atoms with Gasteiger partial charge in [-0.3, -0.25) is 0 Å². The molecular formula is C23H26N4O5. The Bertz CT molecular complexity index is 969. The van der Waals surface area contributed by atoms with Gasteiger partial charge < -0.3 is 18.9 Å². The van der Waals surface area contributed by atoms with Crippen molar-refractivity contribution in [1.29, 1.82) is 0 Å². The van der Waals surface area contributed by atoms with Crippen molar-refractivity contribution in [1.82, 2.24) is 10.9 Å². The van der Waals surface area contributed by atoms with Gasteiger partial charge in [-0.2, -0.15) is 10.2 Å². The van der Waals surface area contributed by atoms with E-state index in [1.807, 2.05) is 50.2 Å². The number of amides is 2. The molecule has 2 aromatic rings. The number of hydrazone groups is 2. The minimum Gasteiger partial charge on any atom is -0.454 e. The summed E-state index contributed by atoms with van der Waals surface area (Å²) in [6.07, 6.45) is 2.98. The van der Waals surface area contributed by atoms with Crippen molar-refractivity contribution < 1.29 is 23.7 Å². The molecule has 9 heteroatoms. The van der Waals surface area contributed by atoms with Crippen molar-refractivity contribution in [2.24, 2.45) is 10.2 Å². The van der Waals surface area contributed by atoms with E-state index in [4.69, 9.17) is 18.9 Å². The lowest BCUT2D eigenvalue weighted by atomic mass is 10.1. The molecule has 2 N–H and O–H groups in total. The number of hydrogen-bond donors (Lipinski definition) is 2. The van der Waals surface area contributed by atoms with Crippen LogP contribution in [0, 0.1) is 0 Å². The highest BCUT2D eigenvalue weighted by Crippen LogP contribution is 2.33. The summed E-state index contributed by atoms with van der Waals surface area (Å²) in [6.45, 7) is 4.26. The van der Waals surface area contributed by atoms with Crippen molar-refractivity contribution in [3.8, 4) is 23.0 Å². The van der Waals surface area contributed by atoms with Crippen LogP contribution < -0.4 is 29.8 Å². The Labute approximate surface area is 186 Å². The summed E-state index contributed by atoms with van der Waals surface area (Å²) < 4.78 is 21.4. The molecule has 0 bridgehead atoms. The third-order valence-corrected chi connectivity index (χ3v) is 5.12. The first kappa shape index (κ1) is 21.5. The van der Waals surface area contributed by atoms with Crippen LogP contribution in [0.4, 0.5) is 4.79 Å². The number of hydrogen-bond acceptors (Lipinski definition) is 7. The fourth-order valence-electron chi connectivity index (χ4n) is 3.27. The van der Waals surface area contributed by atoms with Crippen LogP contribution in [0.2, 0.25) is 0 Å². The quantitative estimate of drug-likeness (QED) is 0.483. The van der Waals surface area contributed by atoms with Gasteiger partial charge in [0.05, 0.1) is 0 Å². The first-order valence-corrected chi connectivity index (χ1v) is 10.5. The Kier molecular flexibility index (Phi) is 6.74. The van der Waals surface area contributed by atoms with E-state index < -0.39 is 6.03 Å². The average molecular weight is 438 g/mol. The molecule has 32 heavy (non-hydrogen) atoms. The van der Waals surface area contributed by atoms with E-state index in [0.29, 0.717) is 12.8 Å². The van der Waals surface area contributed by atoms with Crippen molar-refractivity contribution in [3.05, 3.63) is 47.5 Å². The minimum absolute atomic E-state index is 0.263. The first-order chi connectivity index (χ1) is 15.6. The summed E-state index contributed by atoms with van der Waals surface area (Å²) in [5.41, 5.74) is 8.80. The molecule has 0 atom stereocenters. The first-order valence-electron chi connectivity index (χ1n) is 10.5. The molecule has 2 aliphatic rings. The third kappa shape index (κ3) is 5.69. The van der Waals surface area contributed by atoms with E-state index in [1.54, 1.807) is 0 Å². The zero-order chi connectivity index (χ0) is 22.3. The fraction of sp³-hybridized carbons (Fsp3) is 0.348. The Morgan fingerprint density at radius 3 is 1.66 bits per heavy atom. The number of urea groups is 1. The molecule has 0 aliphatic carbocycles. The van der Waals surface area contributed by atoms with E-state index in [-0.39, 0.29) is 13.6 Å². The molecule has 0 aromatic heterocycles. The number of carbonyl (C=O) groups is 1. The predicted molar refractivity (Wildman–Crippen MR) is 120 cm³/mol. The van der Waals surface area contributed by atoms with Gasteiger partial charge in [0.25, 0.3) is 0 Å². The van der Waals surface area contributed by atoms with Gasteiger partial charge in [-0.25, -0.2) is 15.6 Å². The maximum atomic E-state index is 12.0. The Morgan fingerprint density at radius 2 is 1.19 bits per heavy atom. The molecule has 0 fully saturated rings. The lowest BCUT2D eigenvalue weighted by Gasteiger charge is -2.05. The molecule has 0 spiro atoms. The molecule has 0 radical (unpaired) electrons. The summed E-state index contributed by atoms with van der Waals surface area (Å²) in [5.74, 6) is 3.07. The maximum Gasteiger partial charge on any atom is 0.355 e. The number of rotatable bonds is 8. The van der Waals surface area contributed by atoms with Gasteiger partial charge in [-0.15, -0.1) is 0 Å². The summed E-state index contributed by atoms with van der Waals surface area (Å²) in [6, 6.07) is 11.3. The summed E-state index contributed by atoms with van der Waals surface area (Å²) in [7, 11) is 0. The smallest absolute Gasteiger partial charge is 0.355 e. The lowest BCUT2D eigenvalue weighted by molar-refractivity contribution is 0.173. The lowest BCUT2D eigenvalue weighted by Crippen LogP contribution is -2.29. The number of carbonyl (C=O) groups excluding carboxylic acids is 1. The number of nitrogens with zero attached hydrogens (tertiary/aromatic N) is 2. The molecule has 2 aliphatic heterocycles. The third-order valence-electron chi connectivity index (χ3n) is 5.12. The Morgan fingerprint density at radius 1 is 0.750 bits per heavy atom. The molecule has 168 valence electrons. The van der Waals surface area contributed by atoms with E-state index in [0.717, 1.165) is 58.4 Å². The fourth-order valence-corrected chi connectivity index (χ4v) is 3.27. The highest BCUT2D eigenvalue weighted by Gasteiger charge is 2.14. The van der Waals surface area contributed by atoms with Crippen LogP contribution in [-0.2, 0) is 12.8 Å². The van der Waals surface area contributed by atoms with Gasteiger partial charge >= 0.3 is 6.03 Å². The summed E-state index contributed by atoms with van der Waals surface area (Å²) in [4.78, 5) is 12.0. The maximum absolute atomic E-state index is 12.0. The van der Waals surface area contributed by atoms with Gasteiger partial charge in [0, 0.05) is 11.4 Å². The second kappa shape index (κ2) is 10.0. The monoisotopic (exact) mass is 438 g/mol. The van der Waals surface area contributed by atoms with Crippen molar-refractivity contribution in [3.63, 3.8) is 0 Å². The van der Waals surface area contributed by atoms with Crippen LogP contribution >= 0.6 is 0 Å². The van der Waals surface area contributed by atoms with E-state index >= 15 is 0 Å². The van der Waals surface area contributed by atoms with Crippen LogP contribution in [0.3, 0.4) is 0 Å². The number of aryl methyl sites for hydroxylation is 2. The molecule has 2 aromatic carbocycles. The van der Waals surface area contributed by atoms with Gasteiger partial charge in [-0.1, -0.05) is 12.1 Å². The zero-order valence-corrected chi connectivity index (χ0v) is 18.1. The van der Waals surface area contributed by atoms with Gasteiger partial charge in [0.1, 0.15) is 0 Å². The molecule has 4 rings (SSSR count). The van der Waals surface area contributed by atoms with Crippen LogP contribution in [0.25, 0.3) is 0 Å². The average Bonchev–Trinajstić information content (AvgIpc) is 3.47. The molecule has 2 heterocycles. The highest BCUT2D eigenvalue weighted by molar-refractivity contribution is 5.86. The topological polar surface area (TPSA) is 103 Å². The second-order valence-corrected chi connectivity index (χ2v) is 7.62. The van der Waals surface area contributed by atoms with Crippen molar-refractivity contribution >= 4 is 17.5 Å². The van der Waals surface area contributed by atoms with Crippen LogP contribution in [0.1, 0.15) is 37.8 Å². The number of fused-ring (bicyclic) bond motifs is 2. The van der Waals surface area contributed by atoms with Crippen molar-refractivity contribution in [2.75, 3.05) is 13.6 Å². The normalized spacial score (nSPS) is 14.4. The van der Waals surface area contributed by atoms with E-state index in [1.165, 1.54) is 0 Å². The number of nitrogens with one attached hydrogen (secondary N) is 2. The number of benzene rings is 2. The zero-order valence-electron chi connectivity index (χ0n) is 18.1. The molecule has 0 unspecified atom stereocenters. The van der Waals surface area contributed by atoms with Crippen LogP contribution in [-0.4, -0.2) is 31.0 Å². The van der Waals surface area contributed by atoms with Crippen LogP contribution in [0.5, 0.6) is 23.0 Å². The standard InChI is InChI=1S/C23H26N4O5/c1-15(3-5-17-7-9-19-21(11-17)31-13-29-19)24-26-23(28)27-25-16(2)4-6-18-8-10-20-22(12-18)32-14-30-20/h7-12H,3-6,13-14H2,1-2H3,(H2,26,27,28). The molecule has 0 saturated carbocycles. The molecular weight excluding hydrogens is 412 g/mol. The summed E-state index contributed by atoms with van der Waals surface area (Å²) in [5, 5.41) is 8.24. The summed E-state index contributed by atoms with van der Waals surface area (Å²) >= 11 is 0.